The van der Waals surface area contributed by atoms with E-state index in [1.165, 1.54) is 25.8 Å². The first-order chi connectivity index (χ1) is 5.34. The lowest BCUT2D eigenvalue weighted by Gasteiger charge is -2.33. The quantitative estimate of drug-likeness (QED) is 0.666. The van der Waals surface area contributed by atoms with Gasteiger partial charge in [0.25, 0.3) is 0 Å². The molecule has 0 spiro atoms. The molecule has 0 aliphatic carbocycles. The Balaban J connectivity index is 2.18. The fourth-order valence-corrected chi connectivity index (χ4v) is 1.76. The van der Waals surface area contributed by atoms with E-state index in [1.807, 2.05) is 0 Å². The van der Waals surface area contributed by atoms with Crippen LogP contribution in [0.5, 0.6) is 0 Å². The highest BCUT2D eigenvalue weighted by molar-refractivity contribution is 4.72. The van der Waals surface area contributed by atoms with Crippen molar-refractivity contribution in [3.05, 3.63) is 0 Å². The number of likely N-dealkylation sites (tertiary alicyclic amines) is 1. The van der Waals surface area contributed by atoms with Gasteiger partial charge in [-0.1, -0.05) is 6.42 Å². The second kappa shape index (κ2) is 4.73. The van der Waals surface area contributed by atoms with E-state index in [0.29, 0.717) is 6.61 Å². The Bertz CT molecular complexity index is 106. The fraction of sp³-hybridized carbons (Fsp3) is 1.00. The Morgan fingerprint density at radius 2 is 2.27 bits per heavy atom. The molecule has 0 aromatic rings. The number of piperidine rings is 1. The van der Waals surface area contributed by atoms with Crippen molar-refractivity contribution in [2.45, 2.75) is 38.6 Å². The molecule has 0 amide bonds. The van der Waals surface area contributed by atoms with E-state index >= 15 is 0 Å². The number of hydrogen-bond acceptors (Lipinski definition) is 2. The minimum absolute atomic E-state index is 0.337. The van der Waals surface area contributed by atoms with Gasteiger partial charge in [0.2, 0.25) is 0 Å². The average Bonchev–Trinajstić information content (AvgIpc) is 2.03. The van der Waals surface area contributed by atoms with Crippen LogP contribution >= 0.6 is 0 Å². The van der Waals surface area contributed by atoms with Crippen LogP contribution in [-0.4, -0.2) is 35.7 Å². The number of rotatable bonds is 3. The lowest BCUT2D eigenvalue weighted by atomic mass is 10.0. The molecule has 1 atom stereocenters. The van der Waals surface area contributed by atoms with Crippen molar-refractivity contribution < 1.29 is 5.11 Å². The van der Waals surface area contributed by atoms with Crippen LogP contribution in [0.15, 0.2) is 0 Å². The summed E-state index contributed by atoms with van der Waals surface area (Å²) >= 11 is 0. The van der Waals surface area contributed by atoms with Gasteiger partial charge in [0, 0.05) is 19.2 Å². The second-order valence-corrected chi connectivity index (χ2v) is 3.46. The van der Waals surface area contributed by atoms with Gasteiger partial charge in [-0.3, -0.25) is 0 Å². The molecule has 11 heavy (non-hydrogen) atoms. The van der Waals surface area contributed by atoms with E-state index in [4.69, 9.17) is 5.11 Å². The van der Waals surface area contributed by atoms with Gasteiger partial charge < -0.3 is 10.0 Å². The van der Waals surface area contributed by atoms with E-state index in [-0.39, 0.29) is 0 Å². The summed E-state index contributed by atoms with van der Waals surface area (Å²) in [6.45, 7) is 4.94. The van der Waals surface area contributed by atoms with E-state index < -0.39 is 0 Å². The molecule has 1 saturated heterocycles. The zero-order chi connectivity index (χ0) is 8.10. The van der Waals surface area contributed by atoms with Crippen molar-refractivity contribution in [2.75, 3.05) is 19.7 Å². The van der Waals surface area contributed by atoms with Gasteiger partial charge in [0.1, 0.15) is 0 Å². The van der Waals surface area contributed by atoms with E-state index in [2.05, 4.69) is 11.8 Å². The van der Waals surface area contributed by atoms with Gasteiger partial charge >= 0.3 is 0 Å². The Morgan fingerprint density at radius 1 is 1.45 bits per heavy atom. The smallest absolute Gasteiger partial charge is 0.0443 e. The molecule has 0 radical (unpaired) electrons. The molecule has 66 valence electrons. The predicted octanol–water partition coefficient (Wildman–Crippen LogP) is 1.24. The van der Waals surface area contributed by atoms with Gasteiger partial charge in [-0.05, 0) is 32.7 Å². The lowest BCUT2D eigenvalue weighted by Crippen LogP contribution is -2.38. The first-order valence-corrected chi connectivity index (χ1v) is 4.69. The molecule has 1 rings (SSSR count). The summed E-state index contributed by atoms with van der Waals surface area (Å²) < 4.78 is 0. The molecule has 1 fully saturated rings. The molecule has 1 aliphatic rings. The van der Waals surface area contributed by atoms with Crippen LogP contribution in [0.1, 0.15) is 32.6 Å². The molecule has 0 aromatic heterocycles. The summed E-state index contributed by atoms with van der Waals surface area (Å²) in [6.07, 6.45) is 5.00. The van der Waals surface area contributed by atoms with Gasteiger partial charge in [-0.2, -0.15) is 0 Å². The summed E-state index contributed by atoms with van der Waals surface area (Å²) in [4.78, 5) is 2.49. The molecule has 0 saturated carbocycles. The van der Waals surface area contributed by atoms with Crippen LogP contribution in [0, 0.1) is 0 Å². The number of aliphatic hydroxyl groups is 1. The van der Waals surface area contributed by atoms with Gasteiger partial charge in [-0.25, -0.2) is 0 Å². The van der Waals surface area contributed by atoms with Crippen molar-refractivity contribution in [1.82, 2.24) is 4.90 Å². The van der Waals surface area contributed by atoms with Crippen molar-refractivity contribution >= 4 is 0 Å². The third kappa shape index (κ3) is 2.80. The second-order valence-electron chi connectivity index (χ2n) is 3.46. The molecule has 1 aliphatic heterocycles. The maximum atomic E-state index is 8.66. The SMILES string of the molecule is C[C@@H]1CCCCN1CCCO. The highest BCUT2D eigenvalue weighted by Crippen LogP contribution is 2.15. The fourth-order valence-electron chi connectivity index (χ4n) is 1.76. The van der Waals surface area contributed by atoms with Gasteiger partial charge in [0.15, 0.2) is 0 Å². The van der Waals surface area contributed by atoms with E-state index in [0.717, 1.165) is 19.0 Å². The monoisotopic (exact) mass is 157 g/mol. The summed E-state index contributed by atoms with van der Waals surface area (Å²) in [6, 6.07) is 0.746. The summed E-state index contributed by atoms with van der Waals surface area (Å²) in [5.74, 6) is 0. The Morgan fingerprint density at radius 3 is 2.91 bits per heavy atom. The Hall–Kier alpha value is -0.0800. The molecule has 1 N–H and O–H groups in total. The molecular weight excluding hydrogens is 138 g/mol. The van der Waals surface area contributed by atoms with Crippen molar-refractivity contribution in [1.29, 1.82) is 0 Å². The molecule has 2 heteroatoms. The highest BCUT2D eigenvalue weighted by Gasteiger charge is 2.16. The molecule has 2 nitrogen and oxygen atoms in total. The Kier molecular flexibility index (Phi) is 3.87. The van der Waals surface area contributed by atoms with Crippen LogP contribution in [0.3, 0.4) is 0 Å². The predicted molar refractivity (Wildman–Crippen MR) is 46.6 cm³/mol. The number of nitrogens with zero attached hydrogens (tertiary/aromatic N) is 1. The van der Waals surface area contributed by atoms with Gasteiger partial charge in [-0.15, -0.1) is 0 Å². The molecule has 0 bridgehead atoms. The summed E-state index contributed by atoms with van der Waals surface area (Å²) in [5.41, 5.74) is 0. The van der Waals surface area contributed by atoms with Crippen LogP contribution in [-0.2, 0) is 0 Å². The molecule has 1 heterocycles. The standard InChI is InChI=1S/C9H19NO/c1-9-5-2-3-6-10(9)7-4-8-11/h9,11H,2-8H2,1H3/t9-/m1/s1. The summed E-state index contributed by atoms with van der Waals surface area (Å²) in [7, 11) is 0. The Labute approximate surface area is 69.2 Å². The first-order valence-electron chi connectivity index (χ1n) is 4.69. The molecule has 0 aromatic carbocycles. The normalized spacial score (nSPS) is 27.3. The summed E-state index contributed by atoms with van der Waals surface area (Å²) in [5, 5.41) is 8.66. The zero-order valence-electron chi connectivity index (χ0n) is 7.42. The number of aliphatic hydroxyl groups excluding tert-OH is 1. The number of hydrogen-bond donors (Lipinski definition) is 1. The average molecular weight is 157 g/mol. The van der Waals surface area contributed by atoms with Crippen molar-refractivity contribution in [2.24, 2.45) is 0 Å². The third-order valence-corrected chi connectivity index (χ3v) is 2.54. The minimum atomic E-state index is 0.337. The van der Waals surface area contributed by atoms with Gasteiger partial charge in [0.05, 0.1) is 0 Å². The zero-order valence-corrected chi connectivity index (χ0v) is 7.42. The van der Waals surface area contributed by atoms with Crippen molar-refractivity contribution in [3.63, 3.8) is 0 Å². The van der Waals surface area contributed by atoms with E-state index in [9.17, 15) is 0 Å². The van der Waals surface area contributed by atoms with E-state index in [1.54, 1.807) is 0 Å². The molecule has 0 unspecified atom stereocenters. The first kappa shape index (κ1) is 9.01. The van der Waals surface area contributed by atoms with Crippen LogP contribution in [0.4, 0.5) is 0 Å². The van der Waals surface area contributed by atoms with Crippen LogP contribution in [0.2, 0.25) is 0 Å². The highest BCUT2D eigenvalue weighted by atomic mass is 16.3. The lowest BCUT2D eigenvalue weighted by molar-refractivity contribution is 0.145. The topological polar surface area (TPSA) is 23.5 Å². The maximum absolute atomic E-state index is 8.66. The van der Waals surface area contributed by atoms with Crippen LogP contribution < -0.4 is 0 Å². The maximum Gasteiger partial charge on any atom is 0.0443 e. The molecular formula is C9H19NO. The van der Waals surface area contributed by atoms with Crippen LogP contribution in [0.25, 0.3) is 0 Å². The van der Waals surface area contributed by atoms with Crippen molar-refractivity contribution in [3.8, 4) is 0 Å². The third-order valence-electron chi connectivity index (χ3n) is 2.54. The minimum Gasteiger partial charge on any atom is -0.396 e. The largest absolute Gasteiger partial charge is 0.396 e.